The predicted octanol–water partition coefficient (Wildman–Crippen LogP) is 2.73. The summed E-state index contributed by atoms with van der Waals surface area (Å²) in [5.74, 6) is 0.829. The van der Waals surface area contributed by atoms with Crippen LogP contribution in [0, 0.1) is 0 Å². The van der Waals surface area contributed by atoms with E-state index in [0.717, 1.165) is 43.8 Å². The number of hydrogen-bond donors (Lipinski definition) is 2. The molecule has 0 amide bonds. The van der Waals surface area contributed by atoms with Gasteiger partial charge in [-0.3, -0.25) is 0 Å². The second-order valence-corrected chi connectivity index (χ2v) is 6.25. The first-order valence-electron chi connectivity index (χ1n) is 7.86. The molecule has 0 spiro atoms. The Morgan fingerprint density at radius 1 is 1.29 bits per heavy atom. The zero-order valence-corrected chi connectivity index (χ0v) is 13.4. The molecule has 4 heteroatoms. The number of likely N-dealkylation sites (tertiary alicyclic amines) is 1. The number of aliphatic hydroxyl groups excluding tert-OH is 1. The zero-order chi connectivity index (χ0) is 15.3. The molecule has 1 saturated heterocycles. The summed E-state index contributed by atoms with van der Waals surface area (Å²) in [7, 11) is 1.68. The van der Waals surface area contributed by atoms with Gasteiger partial charge in [0, 0.05) is 12.6 Å². The van der Waals surface area contributed by atoms with Gasteiger partial charge in [-0.15, -0.1) is 0 Å². The van der Waals surface area contributed by atoms with Crippen LogP contribution in [0.3, 0.4) is 0 Å². The molecule has 1 unspecified atom stereocenters. The Balaban J connectivity index is 2.14. The second kappa shape index (κ2) is 7.14. The average Bonchev–Trinajstić information content (AvgIpc) is 2.71. The predicted molar refractivity (Wildman–Crippen MR) is 87.0 cm³/mol. The highest BCUT2D eigenvalue weighted by Crippen LogP contribution is 2.32. The van der Waals surface area contributed by atoms with E-state index in [9.17, 15) is 5.11 Å². The molecule has 4 nitrogen and oxygen atoms in total. The fourth-order valence-corrected chi connectivity index (χ4v) is 3.09. The quantitative estimate of drug-likeness (QED) is 0.876. The van der Waals surface area contributed by atoms with Crippen molar-refractivity contribution in [3.05, 3.63) is 24.3 Å². The van der Waals surface area contributed by atoms with Crippen molar-refractivity contribution < 1.29 is 9.84 Å². The van der Waals surface area contributed by atoms with Gasteiger partial charge in [0.1, 0.15) is 5.75 Å². The van der Waals surface area contributed by atoms with Crippen LogP contribution in [0.5, 0.6) is 5.75 Å². The van der Waals surface area contributed by atoms with E-state index in [4.69, 9.17) is 4.74 Å². The average molecular weight is 292 g/mol. The van der Waals surface area contributed by atoms with Crippen molar-refractivity contribution in [2.75, 3.05) is 32.1 Å². The fourth-order valence-electron chi connectivity index (χ4n) is 3.09. The lowest BCUT2D eigenvalue weighted by atomic mass is 9.91. The van der Waals surface area contributed by atoms with Gasteiger partial charge in [-0.2, -0.15) is 0 Å². The lowest BCUT2D eigenvalue weighted by Crippen LogP contribution is -2.43. The van der Waals surface area contributed by atoms with Gasteiger partial charge >= 0.3 is 0 Å². The van der Waals surface area contributed by atoms with Crippen LogP contribution in [0.1, 0.15) is 33.1 Å². The summed E-state index contributed by atoms with van der Waals surface area (Å²) >= 11 is 0. The Hall–Kier alpha value is -1.26. The summed E-state index contributed by atoms with van der Waals surface area (Å²) in [4.78, 5) is 2.49. The van der Waals surface area contributed by atoms with Gasteiger partial charge in [-0.25, -0.2) is 0 Å². The molecule has 2 N–H and O–H groups in total. The number of methoxy groups -OCH3 is 1. The number of hydrogen-bond acceptors (Lipinski definition) is 4. The van der Waals surface area contributed by atoms with E-state index in [2.05, 4.69) is 24.1 Å². The van der Waals surface area contributed by atoms with E-state index in [-0.39, 0.29) is 12.1 Å². The Morgan fingerprint density at radius 3 is 2.71 bits per heavy atom. The second-order valence-electron chi connectivity index (χ2n) is 6.25. The molecule has 1 heterocycles. The Kier molecular flexibility index (Phi) is 5.48. The normalized spacial score (nSPS) is 23.9. The first kappa shape index (κ1) is 16.1. The van der Waals surface area contributed by atoms with Crippen LogP contribution in [0.15, 0.2) is 24.3 Å². The molecular formula is C17H28N2O2. The van der Waals surface area contributed by atoms with E-state index in [0.29, 0.717) is 6.04 Å². The van der Waals surface area contributed by atoms with Crippen LogP contribution in [-0.2, 0) is 0 Å². The minimum Gasteiger partial charge on any atom is -0.495 e. The van der Waals surface area contributed by atoms with Crippen LogP contribution < -0.4 is 10.1 Å². The van der Waals surface area contributed by atoms with Crippen LogP contribution in [-0.4, -0.2) is 48.4 Å². The maximum Gasteiger partial charge on any atom is 0.141 e. The van der Waals surface area contributed by atoms with Crippen LogP contribution in [0.2, 0.25) is 0 Å². The van der Waals surface area contributed by atoms with Gasteiger partial charge in [0.05, 0.1) is 24.9 Å². The molecule has 0 saturated carbocycles. The summed E-state index contributed by atoms with van der Waals surface area (Å²) < 4.78 is 5.41. The molecule has 0 bridgehead atoms. The molecule has 21 heavy (non-hydrogen) atoms. The van der Waals surface area contributed by atoms with Gasteiger partial charge in [0.15, 0.2) is 0 Å². The number of ether oxygens (including phenoxy) is 1. The third-order valence-electron chi connectivity index (χ3n) is 4.52. The van der Waals surface area contributed by atoms with E-state index >= 15 is 0 Å². The number of anilines is 1. The van der Waals surface area contributed by atoms with Gasteiger partial charge in [-0.1, -0.05) is 12.1 Å². The molecule has 1 fully saturated rings. The van der Waals surface area contributed by atoms with Crippen molar-refractivity contribution in [2.45, 2.75) is 44.7 Å². The maximum atomic E-state index is 9.99. The molecule has 1 aromatic carbocycles. The third-order valence-corrected chi connectivity index (χ3v) is 4.52. The molecular weight excluding hydrogens is 264 g/mol. The van der Waals surface area contributed by atoms with Crippen molar-refractivity contribution in [2.24, 2.45) is 0 Å². The minimum absolute atomic E-state index is 0.150. The first-order valence-corrected chi connectivity index (χ1v) is 7.86. The van der Waals surface area contributed by atoms with Crippen molar-refractivity contribution in [3.8, 4) is 5.75 Å². The number of benzene rings is 1. The Bertz CT molecular complexity index is 450. The van der Waals surface area contributed by atoms with Gasteiger partial charge in [0.25, 0.3) is 0 Å². The number of rotatable bonds is 5. The summed E-state index contributed by atoms with van der Waals surface area (Å²) in [5, 5.41) is 13.6. The molecule has 0 radical (unpaired) electrons. The summed E-state index contributed by atoms with van der Waals surface area (Å²) in [6.45, 7) is 6.74. The molecule has 1 aliphatic rings. The monoisotopic (exact) mass is 292 g/mol. The molecule has 0 aromatic heterocycles. The third kappa shape index (κ3) is 3.89. The molecule has 2 rings (SSSR count). The Morgan fingerprint density at radius 2 is 2.05 bits per heavy atom. The summed E-state index contributed by atoms with van der Waals surface area (Å²) in [5.41, 5.74) is 0.713. The first-order chi connectivity index (χ1) is 10.1. The lowest BCUT2D eigenvalue weighted by molar-refractivity contribution is 0.185. The number of para-hydroxylation sites is 2. The summed E-state index contributed by atoms with van der Waals surface area (Å²) in [6, 6.07) is 8.48. The molecule has 1 aromatic rings. The van der Waals surface area contributed by atoms with E-state index < -0.39 is 0 Å². The van der Waals surface area contributed by atoms with Crippen LogP contribution in [0.4, 0.5) is 5.69 Å². The fraction of sp³-hybridized carbons (Fsp3) is 0.647. The molecule has 118 valence electrons. The smallest absolute Gasteiger partial charge is 0.141 e. The number of nitrogens with zero attached hydrogens (tertiary/aromatic N) is 1. The van der Waals surface area contributed by atoms with E-state index in [1.165, 1.54) is 0 Å². The van der Waals surface area contributed by atoms with E-state index in [1.807, 2.05) is 24.3 Å². The minimum atomic E-state index is -0.252. The van der Waals surface area contributed by atoms with Crippen molar-refractivity contribution >= 4 is 5.69 Å². The maximum absolute atomic E-state index is 9.99. The SMILES string of the molecule is COc1ccccc1NC1(CO)CCCN(C(C)C)CC1. The van der Waals surface area contributed by atoms with E-state index in [1.54, 1.807) is 7.11 Å². The summed E-state index contributed by atoms with van der Waals surface area (Å²) in [6.07, 6.45) is 3.02. The largest absolute Gasteiger partial charge is 0.495 e. The topological polar surface area (TPSA) is 44.7 Å². The van der Waals surface area contributed by atoms with Crippen LogP contribution >= 0.6 is 0 Å². The standard InChI is InChI=1S/C17H28N2O2/c1-14(2)19-11-6-9-17(13-20,10-12-19)18-15-7-4-5-8-16(15)21-3/h4-5,7-8,14,18,20H,6,9-13H2,1-3H3. The van der Waals surface area contributed by atoms with Gasteiger partial charge < -0.3 is 20.1 Å². The van der Waals surface area contributed by atoms with Crippen molar-refractivity contribution in [1.29, 1.82) is 0 Å². The van der Waals surface area contributed by atoms with Crippen LogP contribution in [0.25, 0.3) is 0 Å². The lowest BCUT2D eigenvalue weighted by Gasteiger charge is -2.34. The van der Waals surface area contributed by atoms with Crippen molar-refractivity contribution in [1.82, 2.24) is 4.90 Å². The van der Waals surface area contributed by atoms with Crippen molar-refractivity contribution in [3.63, 3.8) is 0 Å². The molecule has 1 atom stereocenters. The van der Waals surface area contributed by atoms with Gasteiger partial charge in [0.2, 0.25) is 0 Å². The highest BCUT2D eigenvalue weighted by molar-refractivity contribution is 5.57. The number of nitrogens with one attached hydrogen (secondary N) is 1. The zero-order valence-electron chi connectivity index (χ0n) is 13.4. The molecule has 1 aliphatic heterocycles. The van der Waals surface area contributed by atoms with Gasteiger partial charge in [-0.05, 0) is 51.8 Å². The Labute approximate surface area is 128 Å². The highest BCUT2D eigenvalue weighted by atomic mass is 16.5. The molecule has 0 aliphatic carbocycles. The number of aliphatic hydroxyl groups is 1. The highest BCUT2D eigenvalue weighted by Gasteiger charge is 2.33.